The number of ether oxygens (including phenoxy) is 2. The maximum atomic E-state index is 10.2. The molecule has 1 aliphatic carbocycles. The number of quaternary nitrogens is 1. The van der Waals surface area contributed by atoms with Crippen LogP contribution in [-0.2, 0) is 17.8 Å². The minimum absolute atomic E-state index is 0.336. The Morgan fingerprint density at radius 3 is 2.84 bits per heavy atom. The summed E-state index contributed by atoms with van der Waals surface area (Å²) in [6.45, 7) is 1.45. The van der Waals surface area contributed by atoms with Gasteiger partial charge in [-0.15, -0.1) is 0 Å². The molecule has 1 aliphatic rings. The van der Waals surface area contributed by atoms with Gasteiger partial charge in [-0.1, -0.05) is 42.5 Å². The van der Waals surface area contributed by atoms with Gasteiger partial charge in [0.2, 0.25) is 0 Å². The van der Waals surface area contributed by atoms with E-state index in [4.69, 9.17) is 9.47 Å². The fourth-order valence-corrected chi connectivity index (χ4v) is 3.55. The Balaban J connectivity index is 1.44. The molecule has 3 rings (SSSR count). The van der Waals surface area contributed by atoms with Crippen molar-refractivity contribution in [2.24, 2.45) is 0 Å². The Labute approximate surface area is 149 Å². The quantitative estimate of drug-likeness (QED) is 0.773. The number of rotatable bonds is 8. The molecule has 134 valence electrons. The Hall–Kier alpha value is -1.88. The standard InChI is InChI=1S/C21H27NO3/c1-24-21-12-5-3-8-17(21)14-25-15-18(23)13-22-20-11-6-9-16-7-2-4-10-19(16)20/h2-5,7-8,10,12,18,20,22-23H,6,9,11,13-15H2,1H3/p+1/t18-,20-/m0/s1. The van der Waals surface area contributed by atoms with Crippen LogP contribution in [0, 0.1) is 0 Å². The first-order valence-electron chi connectivity index (χ1n) is 9.06. The second-order valence-corrected chi connectivity index (χ2v) is 6.65. The van der Waals surface area contributed by atoms with Gasteiger partial charge in [0.1, 0.15) is 24.4 Å². The average Bonchev–Trinajstić information content (AvgIpc) is 2.66. The summed E-state index contributed by atoms with van der Waals surface area (Å²) in [4.78, 5) is 0. The second kappa shape index (κ2) is 8.99. The number of para-hydroxylation sites is 1. The summed E-state index contributed by atoms with van der Waals surface area (Å²) in [6.07, 6.45) is 3.10. The van der Waals surface area contributed by atoms with E-state index >= 15 is 0 Å². The van der Waals surface area contributed by atoms with E-state index in [1.54, 1.807) is 7.11 Å². The van der Waals surface area contributed by atoms with Gasteiger partial charge < -0.3 is 19.9 Å². The highest BCUT2D eigenvalue weighted by Gasteiger charge is 2.23. The van der Waals surface area contributed by atoms with Gasteiger partial charge in [-0.05, 0) is 24.5 Å². The predicted octanol–water partition coefficient (Wildman–Crippen LogP) is 2.21. The molecule has 0 radical (unpaired) electrons. The van der Waals surface area contributed by atoms with Crippen LogP contribution in [0.3, 0.4) is 0 Å². The lowest BCUT2D eigenvalue weighted by molar-refractivity contribution is -0.703. The summed E-state index contributed by atoms with van der Waals surface area (Å²) < 4.78 is 11.0. The van der Waals surface area contributed by atoms with Crippen LogP contribution in [0.4, 0.5) is 0 Å². The summed E-state index contributed by atoms with van der Waals surface area (Å²) in [5.41, 5.74) is 3.88. The van der Waals surface area contributed by atoms with Crippen LogP contribution in [0.15, 0.2) is 48.5 Å². The normalized spacial score (nSPS) is 17.8. The lowest BCUT2D eigenvalue weighted by Crippen LogP contribution is -2.87. The summed E-state index contributed by atoms with van der Waals surface area (Å²) in [7, 11) is 1.66. The molecule has 2 atom stereocenters. The fourth-order valence-electron chi connectivity index (χ4n) is 3.55. The van der Waals surface area contributed by atoms with Crippen LogP contribution in [0.2, 0.25) is 0 Å². The number of hydrogen-bond donors (Lipinski definition) is 2. The lowest BCUT2D eigenvalue weighted by Gasteiger charge is -2.24. The maximum Gasteiger partial charge on any atom is 0.126 e. The van der Waals surface area contributed by atoms with E-state index in [1.165, 1.54) is 30.4 Å². The highest BCUT2D eigenvalue weighted by molar-refractivity contribution is 5.32. The van der Waals surface area contributed by atoms with Crippen LogP contribution in [0.25, 0.3) is 0 Å². The molecular formula is C21H28NO3+. The minimum Gasteiger partial charge on any atom is -0.496 e. The molecule has 0 unspecified atom stereocenters. The average molecular weight is 342 g/mol. The van der Waals surface area contributed by atoms with Crippen molar-refractivity contribution in [3.8, 4) is 5.75 Å². The zero-order valence-electron chi connectivity index (χ0n) is 14.9. The number of aliphatic hydroxyl groups excluding tert-OH is 1. The highest BCUT2D eigenvalue weighted by Crippen LogP contribution is 2.26. The molecule has 0 bridgehead atoms. The van der Waals surface area contributed by atoms with Crippen molar-refractivity contribution in [1.29, 1.82) is 0 Å². The fraction of sp³-hybridized carbons (Fsp3) is 0.429. The summed E-state index contributed by atoms with van der Waals surface area (Å²) in [5.74, 6) is 0.822. The Morgan fingerprint density at radius 1 is 1.16 bits per heavy atom. The number of nitrogens with two attached hydrogens (primary N) is 1. The summed E-state index contributed by atoms with van der Waals surface area (Å²) in [6, 6.07) is 16.9. The van der Waals surface area contributed by atoms with Crippen molar-refractivity contribution < 1.29 is 19.9 Å². The Bertz CT molecular complexity index is 674. The zero-order chi connectivity index (χ0) is 17.5. The third-order valence-corrected chi connectivity index (χ3v) is 4.87. The Morgan fingerprint density at radius 2 is 1.96 bits per heavy atom. The van der Waals surface area contributed by atoms with Gasteiger partial charge in [-0.3, -0.25) is 0 Å². The third-order valence-electron chi connectivity index (χ3n) is 4.87. The Kier molecular flexibility index (Phi) is 6.45. The van der Waals surface area contributed by atoms with Gasteiger partial charge in [0.15, 0.2) is 0 Å². The van der Waals surface area contributed by atoms with Crippen molar-refractivity contribution in [2.75, 3.05) is 20.3 Å². The first-order chi connectivity index (χ1) is 12.3. The van der Waals surface area contributed by atoms with E-state index in [1.807, 2.05) is 24.3 Å². The molecule has 3 N–H and O–H groups in total. The minimum atomic E-state index is -0.469. The lowest BCUT2D eigenvalue weighted by atomic mass is 9.88. The molecule has 0 heterocycles. The van der Waals surface area contributed by atoms with E-state index in [-0.39, 0.29) is 0 Å². The molecule has 0 fully saturated rings. The SMILES string of the molecule is COc1ccccc1COC[C@@H](O)C[NH2+][C@H]1CCCc2ccccc21. The highest BCUT2D eigenvalue weighted by atomic mass is 16.5. The van der Waals surface area contributed by atoms with Crippen LogP contribution in [-0.4, -0.2) is 31.5 Å². The topological polar surface area (TPSA) is 55.3 Å². The second-order valence-electron chi connectivity index (χ2n) is 6.65. The number of benzene rings is 2. The van der Waals surface area contributed by atoms with Crippen molar-refractivity contribution in [1.82, 2.24) is 0 Å². The van der Waals surface area contributed by atoms with Crippen molar-refractivity contribution in [3.05, 3.63) is 65.2 Å². The first kappa shape index (κ1) is 17.9. The largest absolute Gasteiger partial charge is 0.496 e. The van der Waals surface area contributed by atoms with Gasteiger partial charge in [0.25, 0.3) is 0 Å². The van der Waals surface area contributed by atoms with Gasteiger partial charge in [-0.2, -0.15) is 0 Å². The summed E-state index contributed by atoms with van der Waals surface area (Å²) >= 11 is 0. The molecule has 0 aromatic heterocycles. The van der Waals surface area contributed by atoms with E-state index in [0.717, 1.165) is 11.3 Å². The van der Waals surface area contributed by atoms with Crippen LogP contribution in [0.5, 0.6) is 5.75 Å². The molecule has 0 saturated carbocycles. The monoisotopic (exact) mass is 342 g/mol. The van der Waals surface area contributed by atoms with Crippen molar-refractivity contribution in [3.63, 3.8) is 0 Å². The molecule has 25 heavy (non-hydrogen) atoms. The molecule has 0 saturated heterocycles. The van der Waals surface area contributed by atoms with Gasteiger partial charge in [0.05, 0.1) is 20.3 Å². The zero-order valence-corrected chi connectivity index (χ0v) is 14.9. The molecule has 4 nitrogen and oxygen atoms in total. The van der Waals surface area contributed by atoms with Crippen molar-refractivity contribution in [2.45, 2.75) is 38.0 Å². The number of fused-ring (bicyclic) bond motifs is 1. The summed E-state index contributed by atoms with van der Waals surface area (Å²) in [5, 5.41) is 12.5. The smallest absolute Gasteiger partial charge is 0.126 e. The number of hydrogen-bond acceptors (Lipinski definition) is 3. The van der Waals surface area contributed by atoms with Gasteiger partial charge in [-0.25, -0.2) is 0 Å². The van der Waals surface area contributed by atoms with E-state index in [9.17, 15) is 5.11 Å². The van der Waals surface area contributed by atoms with E-state index in [0.29, 0.717) is 25.8 Å². The number of aryl methyl sites for hydroxylation is 1. The first-order valence-corrected chi connectivity index (χ1v) is 9.06. The maximum absolute atomic E-state index is 10.2. The molecular weight excluding hydrogens is 314 g/mol. The molecule has 2 aromatic rings. The molecule has 0 aliphatic heterocycles. The van der Waals surface area contributed by atoms with E-state index < -0.39 is 6.10 Å². The van der Waals surface area contributed by atoms with Crippen LogP contribution in [0.1, 0.15) is 35.6 Å². The van der Waals surface area contributed by atoms with Crippen molar-refractivity contribution >= 4 is 0 Å². The predicted molar refractivity (Wildman–Crippen MR) is 97.6 cm³/mol. The molecule has 0 spiro atoms. The molecule has 2 aromatic carbocycles. The van der Waals surface area contributed by atoms with Gasteiger partial charge >= 0.3 is 0 Å². The van der Waals surface area contributed by atoms with E-state index in [2.05, 4.69) is 29.6 Å². The van der Waals surface area contributed by atoms with Crippen LogP contribution < -0.4 is 10.1 Å². The number of aliphatic hydroxyl groups is 1. The molecule has 4 heteroatoms. The third kappa shape index (κ3) is 4.82. The van der Waals surface area contributed by atoms with Crippen LogP contribution >= 0.6 is 0 Å². The molecule has 0 amide bonds. The van der Waals surface area contributed by atoms with Gasteiger partial charge in [0, 0.05) is 17.5 Å². The number of methoxy groups -OCH3 is 1.